The van der Waals surface area contributed by atoms with E-state index in [4.69, 9.17) is 5.73 Å². The van der Waals surface area contributed by atoms with Crippen LogP contribution in [0.2, 0.25) is 0 Å². The van der Waals surface area contributed by atoms with Crippen LogP contribution in [-0.2, 0) is 4.79 Å². The molecule has 1 amide bonds. The molecular weight excluding hydrogens is 188 g/mol. The predicted octanol–water partition coefficient (Wildman–Crippen LogP) is 1.37. The minimum Gasteiger partial charge on any atom is -0.345 e. The molecule has 0 saturated heterocycles. The van der Waals surface area contributed by atoms with Crippen molar-refractivity contribution in [1.82, 2.24) is 4.90 Å². The Labute approximate surface area is 92.0 Å². The fourth-order valence-corrected chi connectivity index (χ4v) is 2.90. The van der Waals surface area contributed by atoms with Crippen LogP contribution >= 0.6 is 0 Å². The van der Waals surface area contributed by atoms with E-state index in [-0.39, 0.29) is 0 Å². The van der Waals surface area contributed by atoms with E-state index in [0.29, 0.717) is 23.8 Å². The monoisotopic (exact) mass is 210 g/mol. The lowest BCUT2D eigenvalue weighted by atomic mass is 9.80. The molecule has 2 fully saturated rings. The first-order valence-corrected chi connectivity index (χ1v) is 6.17. The summed E-state index contributed by atoms with van der Waals surface area (Å²) >= 11 is 0. The van der Waals surface area contributed by atoms with Gasteiger partial charge in [0.15, 0.2) is 0 Å². The van der Waals surface area contributed by atoms with Crippen molar-refractivity contribution in [3.8, 4) is 0 Å². The summed E-state index contributed by atoms with van der Waals surface area (Å²) in [5, 5.41) is 0. The highest BCUT2D eigenvalue weighted by molar-refractivity contribution is 5.78. The summed E-state index contributed by atoms with van der Waals surface area (Å²) in [5.41, 5.74) is 5.74. The molecule has 0 unspecified atom stereocenters. The molecule has 0 spiro atoms. The Morgan fingerprint density at radius 1 is 1.33 bits per heavy atom. The van der Waals surface area contributed by atoms with Gasteiger partial charge in [0, 0.05) is 25.6 Å². The van der Waals surface area contributed by atoms with Crippen molar-refractivity contribution < 1.29 is 4.79 Å². The first kappa shape index (κ1) is 10.9. The Bertz CT molecular complexity index is 230. The van der Waals surface area contributed by atoms with Gasteiger partial charge in [-0.05, 0) is 31.6 Å². The van der Waals surface area contributed by atoms with Crippen LogP contribution in [0.4, 0.5) is 0 Å². The van der Waals surface area contributed by atoms with Gasteiger partial charge in [-0.1, -0.05) is 12.8 Å². The van der Waals surface area contributed by atoms with Gasteiger partial charge in [0.2, 0.25) is 5.91 Å². The Balaban J connectivity index is 1.74. The summed E-state index contributed by atoms with van der Waals surface area (Å²) in [6, 6.07) is 0.394. The zero-order valence-electron chi connectivity index (χ0n) is 9.61. The van der Waals surface area contributed by atoms with Gasteiger partial charge < -0.3 is 10.6 Å². The van der Waals surface area contributed by atoms with E-state index in [2.05, 4.69) is 0 Å². The Hall–Kier alpha value is -0.570. The van der Waals surface area contributed by atoms with Gasteiger partial charge in [0.25, 0.3) is 0 Å². The first-order valence-electron chi connectivity index (χ1n) is 6.17. The minimum absolute atomic E-state index is 0.323. The number of rotatable bonds is 3. The second-order valence-corrected chi connectivity index (χ2v) is 5.30. The van der Waals surface area contributed by atoms with Crippen molar-refractivity contribution in [3.05, 3.63) is 0 Å². The molecule has 86 valence electrons. The van der Waals surface area contributed by atoms with Gasteiger partial charge in [-0.25, -0.2) is 0 Å². The molecule has 2 N–H and O–H groups in total. The number of nitrogens with zero attached hydrogens (tertiary/aromatic N) is 1. The van der Waals surface area contributed by atoms with E-state index >= 15 is 0 Å². The van der Waals surface area contributed by atoms with E-state index in [1.54, 1.807) is 0 Å². The normalized spacial score (nSPS) is 31.3. The number of nitrogens with two attached hydrogens (primary N) is 1. The quantitative estimate of drug-likeness (QED) is 0.764. The molecular formula is C12H22N2O. The van der Waals surface area contributed by atoms with Crippen molar-refractivity contribution >= 4 is 5.91 Å². The van der Waals surface area contributed by atoms with Crippen LogP contribution in [0.3, 0.4) is 0 Å². The van der Waals surface area contributed by atoms with Crippen LogP contribution in [0.1, 0.15) is 38.5 Å². The van der Waals surface area contributed by atoms with Crippen molar-refractivity contribution in [2.24, 2.45) is 17.6 Å². The molecule has 15 heavy (non-hydrogen) atoms. The van der Waals surface area contributed by atoms with Crippen molar-refractivity contribution in [2.45, 2.75) is 44.6 Å². The third-order valence-electron chi connectivity index (χ3n) is 3.88. The van der Waals surface area contributed by atoms with Crippen LogP contribution < -0.4 is 5.73 Å². The largest absolute Gasteiger partial charge is 0.345 e. The highest BCUT2D eigenvalue weighted by Gasteiger charge is 2.30. The molecule has 2 aliphatic rings. The summed E-state index contributed by atoms with van der Waals surface area (Å²) in [6.45, 7) is 0.920. The molecule has 0 aromatic heterocycles. The topological polar surface area (TPSA) is 46.3 Å². The van der Waals surface area contributed by atoms with Crippen LogP contribution in [0.15, 0.2) is 0 Å². The Kier molecular flexibility index (Phi) is 3.29. The molecule has 0 atom stereocenters. The third kappa shape index (κ3) is 2.51. The maximum Gasteiger partial charge on any atom is 0.225 e. The molecule has 0 heterocycles. The second-order valence-electron chi connectivity index (χ2n) is 5.30. The molecule has 0 aromatic carbocycles. The molecule has 2 aliphatic carbocycles. The van der Waals surface area contributed by atoms with E-state index in [0.717, 1.165) is 32.2 Å². The molecule has 0 aromatic rings. The van der Waals surface area contributed by atoms with Crippen molar-refractivity contribution in [2.75, 3.05) is 13.6 Å². The molecule has 0 radical (unpaired) electrons. The molecule has 2 saturated carbocycles. The number of amides is 1. The number of hydrogen-bond acceptors (Lipinski definition) is 2. The van der Waals surface area contributed by atoms with Gasteiger partial charge >= 0.3 is 0 Å². The molecule has 2 rings (SSSR count). The fourth-order valence-electron chi connectivity index (χ4n) is 2.90. The molecule has 0 bridgehead atoms. The van der Waals surface area contributed by atoms with E-state index in [9.17, 15) is 4.79 Å². The molecule has 3 nitrogen and oxygen atoms in total. The molecule has 3 heteroatoms. The van der Waals surface area contributed by atoms with Crippen LogP contribution in [0.25, 0.3) is 0 Å². The Morgan fingerprint density at radius 3 is 2.47 bits per heavy atom. The lowest BCUT2D eigenvalue weighted by molar-refractivity contribution is -0.135. The van der Waals surface area contributed by atoms with E-state index in [1.807, 2.05) is 11.9 Å². The van der Waals surface area contributed by atoms with Gasteiger partial charge in [-0.3, -0.25) is 4.79 Å². The zero-order valence-corrected chi connectivity index (χ0v) is 9.61. The summed E-state index contributed by atoms with van der Waals surface area (Å²) in [4.78, 5) is 13.9. The third-order valence-corrected chi connectivity index (χ3v) is 3.88. The lowest BCUT2D eigenvalue weighted by Crippen LogP contribution is -2.44. The maximum atomic E-state index is 12.0. The minimum atomic E-state index is 0.323. The summed E-state index contributed by atoms with van der Waals surface area (Å²) < 4.78 is 0. The highest BCUT2D eigenvalue weighted by atomic mass is 16.2. The first-order chi connectivity index (χ1) is 7.16. The average Bonchev–Trinajstić information content (AvgIpc) is 2.66. The summed E-state index contributed by atoms with van der Waals surface area (Å²) in [7, 11) is 1.95. The standard InChI is InChI=1S/C12H22N2O/c1-14(8-9-6-11(13)7-9)12(15)10-4-2-3-5-10/h9-11H,2-8,13H2,1H3. The number of carbonyl (C=O) groups is 1. The van der Waals surface area contributed by atoms with E-state index in [1.165, 1.54) is 12.8 Å². The molecule has 0 aliphatic heterocycles. The van der Waals surface area contributed by atoms with Gasteiger partial charge in [-0.15, -0.1) is 0 Å². The summed E-state index contributed by atoms with van der Waals surface area (Å²) in [5.74, 6) is 1.35. The average molecular weight is 210 g/mol. The van der Waals surface area contributed by atoms with Crippen molar-refractivity contribution in [3.63, 3.8) is 0 Å². The van der Waals surface area contributed by atoms with Crippen LogP contribution in [0, 0.1) is 11.8 Å². The van der Waals surface area contributed by atoms with Crippen LogP contribution in [-0.4, -0.2) is 30.4 Å². The fraction of sp³-hybridized carbons (Fsp3) is 0.917. The van der Waals surface area contributed by atoms with E-state index < -0.39 is 0 Å². The smallest absolute Gasteiger partial charge is 0.225 e. The predicted molar refractivity (Wildman–Crippen MR) is 60.3 cm³/mol. The van der Waals surface area contributed by atoms with Gasteiger partial charge in [0.1, 0.15) is 0 Å². The number of hydrogen-bond donors (Lipinski definition) is 1. The lowest BCUT2D eigenvalue weighted by Gasteiger charge is -2.36. The van der Waals surface area contributed by atoms with Gasteiger partial charge in [-0.2, -0.15) is 0 Å². The maximum absolute atomic E-state index is 12.0. The Morgan fingerprint density at radius 2 is 1.93 bits per heavy atom. The second kappa shape index (κ2) is 4.52. The zero-order chi connectivity index (χ0) is 10.8. The number of carbonyl (C=O) groups excluding carboxylic acids is 1. The highest BCUT2D eigenvalue weighted by Crippen LogP contribution is 2.29. The SMILES string of the molecule is CN(CC1CC(N)C1)C(=O)C1CCCC1. The van der Waals surface area contributed by atoms with Gasteiger partial charge in [0.05, 0.1) is 0 Å². The van der Waals surface area contributed by atoms with Crippen molar-refractivity contribution in [1.29, 1.82) is 0 Å². The summed E-state index contributed by atoms with van der Waals surface area (Å²) in [6.07, 6.45) is 6.88. The van der Waals surface area contributed by atoms with Crippen LogP contribution in [0.5, 0.6) is 0 Å².